The molecule has 134 valence electrons. The van der Waals surface area contributed by atoms with Crippen LogP contribution in [0.15, 0.2) is 92.4 Å². The lowest BCUT2D eigenvalue weighted by Crippen LogP contribution is -2.14. The van der Waals surface area contributed by atoms with Crippen molar-refractivity contribution in [2.24, 2.45) is 0 Å². The first kappa shape index (κ1) is 18.4. The summed E-state index contributed by atoms with van der Waals surface area (Å²) in [5.41, 5.74) is 0.794. The Bertz CT molecular complexity index is 1050. The molecule has 4 nitrogen and oxygen atoms in total. The lowest BCUT2D eigenvalue weighted by Gasteiger charge is -2.16. The van der Waals surface area contributed by atoms with E-state index in [9.17, 15) is 16.8 Å². The number of sulfone groups is 2. The minimum absolute atomic E-state index is 0.0678. The molecule has 0 atom stereocenters. The van der Waals surface area contributed by atoms with Crippen LogP contribution in [-0.2, 0) is 19.7 Å². The largest absolute Gasteiger partial charge is 0.218 e. The molecule has 0 aromatic heterocycles. The second-order valence-electron chi connectivity index (χ2n) is 5.99. The van der Waals surface area contributed by atoms with Crippen LogP contribution in [0.4, 0.5) is 0 Å². The molecule has 3 aromatic rings. The molecule has 0 bridgehead atoms. The van der Waals surface area contributed by atoms with E-state index in [1.165, 1.54) is 24.3 Å². The van der Waals surface area contributed by atoms with Gasteiger partial charge in [-0.15, -0.1) is 0 Å². The maximum Gasteiger partial charge on any atom is 0.208 e. The van der Waals surface area contributed by atoms with E-state index in [4.69, 9.17) is 0 Å². The average molecular weight is 386 g/mol. The monoisotopic (exact) mass is 386 g/mol. The van der Waals surface area contributed by atoms with Crippen molar-refractivity contribution in [1.29, 1.82) is 0 Å². The molecule has 26 heavy (non-hydrogen) atoms. The van der Waals surface area contributed by atoms with Gasteiger partial charge in [0.2, 0.25) is 19.7 Å². The second kappa shape index (κ2) is 6.70. The molecule has 0 unspecified atom stereocenters. The third-order valence-corrected chi connectivity index (χ3v) is 8.19. The molecule has 0 radical (unpaired) electrons. The van der Waals surface area contributed by atoms with E-state index in [1.54, 1.807) is 62.4 Å². The van der Waals surface area contributed by atoms with Crippen LogP contribution in [0.3, 0.4) is 0 Å². The van der Waals surface area contributed by atoms with E-state index in [0.717, 1.165) is 0 Å². The fraction of sp³-hybridized carbons (Fsp3) is 0.100. The molecule has 0 aliphatic rings. The zero-order chi connectivity index (χ0) is 18.9. The summed E-state index contributed by atoms with van der Waals surface area (Å²) in [6.45, 7) is 3.22. The van der Waals surface area contributed by atoms with Crippen molar-refractivity contribution in [3.8, 4) is 0 Å². The fourth-order valence-corrected chi connectivity index (χ4v) is 6.82. The maximum absolute atomic E-state index is 13.2. The van der Waals surface area contributed by atoms with Gasteiger partial charge in [0.05, 0.1) is 19.6 Å². The van der Waals surface area contributed by atoms with Crippen molar-refractivity contribution >= 4 is 19.7 Å². The van der Waals surface area contributed by atoms with E-state index in [1.807, 2.05) is 0 Å². The van der Waals surface area contributed by atoms with Crippen molar-refractivity contribution in [2.75, 3.05) is 0 Å². The quantitative estimate of drug-likeness (QED) is 0.680. The van der Waals surface area contributed by atoms with Crippen LogP contribution in [0.5, 0.6) is 0 Å². The van der Waals surface area contributed by atoms with Crippen LogP contribution in [0.2, 0.25) is 0 Å². The molecule has 3 aromatic carbocycles. The molecular formula is C20H18O4S2. The Morgan fingerprint density at radius 2 is 0.808 bits per heavy atom. The summed E-state index contributed by atoms with van der Waals surface area (Å²) < 4.78 is 53.0. The van der Waals surface area contributed by atoms with Crippen molar-refractivity contribution in [1.82, 2.24) is 0 Å². The molecule has 0 amide bonds. The third kappa shape index (κ3) is 3.06. The van der Waals surface area contributed by atoms with E-state index < -0.39 is 19.7 Å². The SMILES string of the molecule is Cc1ccc(C)c(S(=O)(=O)c2ccccc2)c1S(=O)(=O)c1ccccc1. The minimum atomic E-state index is -3.99. The van der Waals surface area contributed by atoms with Gasteiger partial charge >= 0.3 is 0 Å². The van der Waals surface area contributed by atoms with Gasteiger partial charge < -0.3 is 0 Å². The molecule has 0 spiro atoms. The van der Waals surface area contributed by atoms with Gasteiger partial charge in [0.25, 0.3) is 0 Å². The Balaban J connectivity index is 2.38. The van der Waals surface area contributed by atoms with Gasteiger partial charge in [-0.1, -0.05) is 48.5 Å². The van der Waals surface area contributed by atoms with Crippen LogP contribution < -0.4 is 0 Å². The Kier molecular flexibility index (Phi) is 4.73. The van der Waals surface area contributed by atoms with E-state index in [0.29, 0.717) is 11.1 Å². The summed E-state index contributed by atoms with van der Waals surface area (Å²) in [5, 5.41) is 0. The highest BCUT2D eigenvalue weighted by Gasteiger charge is 2.32. The van der Waals surface area contributed by atoms with Crippen molar-refractivity contribution in [2.45, 2.75) is 33.4 Å². The lowest BCUT2D eigenvalue weighted by atomic mass is 10.2. The van der Waals surface area contributed by atoms with Gasteiger partial charge in [-0.3, -0.25) is 0 Å². The molecule has 0 aliphatic carbocycles. The Morgan fingerprint density at radius 3 is 1.12 bits per heavy atom. The van der Waals surface area contributed by atoms with E-state index in [2.05, 4.69) is 0 Å². The van der Waals surface area contributed by atoms with Crippen molar-refractivity contribution in [3.63, 3.8) is 0 Å². The molecule has 0 fully saturated rings. The topological polar surface area (TPSA) is 68.3 Å². The maximum atomic E-state index is 13.2. The molecule has 3 rings (SSSR count). The summed E-state index contributed by atoms with van der Waals surface area (Å²) in [7, 11) is -7.99. The van der Waals surface area contributed by atoms with Gasteiger partial charge in [0.1, 0.15) is 0 Å². The fourth-order valence-electron chi connectivity index (χ4n) is 2.86. The molecule has 0 N–H and O–H groups in total. The molecule has 0 saturated heterocycles. The van der Waals surface area contributed by atoms with Gasteiger partial charge in [0.15, 0.2) is 0 Å². The Hall–Kier alpha value is -2.44. The first-order chi connectivity index (χ1) is 12.3. The van der Waals surface area contributed by atoms with Gasteiger partial charge in [0, 0.05) is 0 Å². The number of rotatable bonds is 4. The normalized spacial score (nSPS) is 12.1. The van der Waals surface area contributed by atoms with Crippen LogP contribution in [-0.4, -0.2) is 16.8 Å². The lowest BCUT2D eigenvalue weighted by molar-refractivity contribution is 0.581. The summed E-state index contributed by atoms with van der Waals surface area (Å²) >= 11 is 0. The zero-order valence-corrected chi connectivity index (χ0v) is 16.0. The highest BCUT2D eigenvalue weighted by Crippen LogP contribution is 2.35. The Labute approximate surface area is 154 Å². The van der Waals surface area contributed by atoms with Crippen molar-refractivity contribution < 1.29 is 16.8 Å². The number of hydrogen-bond acceptors (Lipinski definition) is 4. The number of aryl methyl sites for hydroxylation is 2. The van der Waals surface area contributed by atoms with Crippen LogP contribution in [0.25, 0.3) is 0 Å². The summed E-state index contributed by atoms with van der Waals surface area (Å²) in [6, 6.07) is 19.0. The second-order valence-corrected chi connectivity index (χ2v) is 9.76. The highest BCUT2D eigenvalue weighted by atomic mass is 32.2. The summed E-state index contributed by atoms with van der Waals surface area (Å²) in [4.78, 5) is -0.184. The van der Waals surface area contributed by atoms with Gasteiger partial charge in [-0.05, 0) is 49.2 Å². The molecule has 0 saturated carbocycles. The Morgan fingerprint density at radius 1 is 0.500 bits per heavy atom. The smallest absolute Gasteiger partial charge is 0.208 e. The van der Waals surface area contributed by atoms with E-state index in [-0.39, 0.29) is 19.6 Å². The first-order valence-electron chi connectivity index (χ1n) is 7.97. The van der Waals surface area contributed by atoms with Crippen LogP contribution in [0, 0.1) is 13.8 Å². The zero-order valence-electron chi connectivity index (χ0n) is 14.4. The molecular weight excluding hydrogens is 368 g/mol. The van der Waals surface area contributed by atoms with Crippen molar-refractivity contribution in [3.05, 3.63) is 83.9 Å². The van der Waals surface area contributed by atoms with Gasteiger partial charge in [-0.2, -0.15) is 0 Å². The predicted molar refractivity (Wildman–Crippen MR) is 99.7 cm³/mol. The number of hydrogen-bond donors (Lipinski definition) is 0. The van der Waals surface area contributed by atoms with Crippen LogP contribution >= 0.6 is 0 Å². The van der Waals surface area contributed by atoms with E-state index >= 15 is 0 Å². The molecule has 0 heterocycles. The highest BCUT2D eigenvalue weighted by molar-refractivity contribution is 7.94. The minimum Gasteiger partial charge on any atom is -0.218 e. The standard InChI is InChI=1S/C20H18O4S2/c1-15-13-14-16(2)20(26(23,24)18-11-7-4-8-12-18)19(15)25(21,22)17-9-5-3-6-10-17/h3-14H,1-2H3. The predicted octanol–water partition coefficient (Wildman–Crippen LogP) is 3.97. The van der Waals surface area contributed by atoms with Crippen LogP contribution in [0.1, 0.15) is 11.1 Å². The summed E-state index contributed by atoms with van der Waals surface area (Å²) in [5.74, 6) is 0. The first-order valence-corrected chi connectivity index (χ1v) is 10.9. The average Bonchev–Trinajstić information content (AvgIpc) is 2.64. The molecule has 6 heteroatoms. The molecule has 0 aliphatic heterocycles. The third-order valence-electron chi connectivity index (χ3n) is 4.15. The number of benzene rings is 3. The van der Waals surface area contributed by atoms with Gasteiger partial charge in [-0.25, -0.2) is 16.8 Å². The summed E-state index contributed by atoms with van der Waals surface area (Å²) in [6.07, 6.45) is 0.